The highest BCUT2D eigenvalue weighted by Gasteiger charge is 2.38. The van der Waals surface area contributed by atoms with Gasteiger partial charge in [-0.1, -0.05) is 21.3 Å². The van der Waals surface area contributed by atoms with Crippen molar-refractivity contribution in [3.05, 3.63) is 0 Å². The topological polar surface area (TPSA) is 136 Å². The minimum Gasteiger partial charge on any atom is -0.377 e. The summed E-state index contributed by atoms with van der Waals surface area (Å²) in [6, 6.07) is 1.10. The summed E-state index contributed by atoms with van der Waals surface area (Å²) < 4.78 is 36.2. The molecule has 40 heavy (non-hydrogen) atoms. The number of hydrogen-bond acceptors (Lipinski definition) is 14. The number of aliphatic hydroxyl groups excluding tert-OH is 2. The second-order valence-electron chi connectivity index (χ2n) is 8.05. The van der Waals surface area contributed by atoms with Crippen LogP contribution >= 0.6 is 62.6 Å². The molecule has 0 spiro atoms. The Labute approximate surface area is 261 Å². The van der Waals surface area contributed by atoms with E-state index in [0.29, 0.717) is 36.4 Å². The van der Waals surface area contributed by atoms with Crippen molar-refractivity contribution in [2.45, 2.75) is 24.9 Å². The SMILES string of the molecule is CO[Si](CCCS(=C(O)C(=O)SSSSC(=O)C(O)=S(CCC[Si](OC)(OC)OC)N(C)C)N(C)C)(OC)OC. The van der Waals surface area contributed by atoms with Crippen LogP contribution in [-0.4, -0.2) is 139 Å². The molecule has 0 aliphatic heterocycles. The summed E-state index contributed by atoms with van der Waals surface area (Å²) in [6.45, 7) is 0. The number of nitrogens with zero attached hydrogens (tertiary/aromatic N) is 2. The van der Waals surface area contributed by atoms with Crippen LogP contribution in [0.4, 0.5) is 0 Å². The van der Waals surface area contributed by atoms with E-state index < -0.39 is 49.2 Å². The van der Waals surface area contributed by atoms with Crippen molar-refractivity contribution in [1.29, 1.82) is 0 Å². The third-order valence-electron chi connectivity index (χ3n) is 5.43. The minimum atomic E-state index is -2.74. The first-order chi connectivity index (χ1) is 18.8. The fraction of sp³-hybridized carbons (Fsp3) is 0.800. The van der Waals surface area contributed by atoms with Crippen molar-refractivity contribution in [2.75, 3.05) is 82.4 Å². The van der Waals surface area contributed by atoms with Crippen molar-refractivity contribution in [3.8, 4) is 0 Å². The van der Waals surface area contributed by atoms with Crippen LogP contribution in [0.25, 0.3) is 0 Å². The summed E-state index contributed by atoms with van der Waals surface area (Å²) in [4.78, 5) is 25.3. The average molecular weight is 721 g/mol. The van der Waals surface area contributed by atoms with Crippen LogP contribution in [0.1, 0.15) is 12.8 Å². The van der Waals surface area contributed by atoms with Gasteiger partial charge < -0.3 is 36.8 Å². The van der Waals surface area contributed by atoms with E-state index in [1.54, 1.807) is 79.5 Å². The smallest absolute Gasteiger partial charge is 0.377 e. The molecule has 0 aromatic carbocycles. The molecule has 2 atom stereocenters. The molecule has 0 aromatic rings. The van der Waals surface area contributed by atoms with Gasteiger partial charge >= 0.3 is 17.6 Å². The highest BCUT2D eigenvalue weighted by atomic mass is 33.7. The average Bonchev–Trinajstić information content (AvgIpc) is 2.95. The molecule has 0 aliphatic rings. The molecule has 0 fully saturated rings. The molecule has 0 radical (unpaired) electrons. The van der Waals surface area contributed by atoms with Crippen LogP contribution in [0, 0.1) is 0 Å². The van der Waals surface area contributed by atoms with Gasteiger partial charge in [0.2, 0.25) is 0 Å². The zero-order chi connectivity index (χ0) is 30.9. The number of carbonyl (C=O) groups excluding carboxylic acids is 2. The summed E-state index contributed by atoms with van der Waals surface area (Å²) in [7, 11) is 13.1. The molecule has 0 saturated heterocycles. The van der Waals surface area contributed by atoms with Gasteiger partial charge in [-0.15, -0.1) is 0 Å². The molecular formula is C20H44N2O10S6Si2. The fourth-order valence-corrected chi connectivity index (χ4v) is 15.8. The third-order valence-corrected chi connectivity index (χ3v) is 21.3. The summed E-state index contributed by atoms with van der Waals surface area (Å²) in [5.41, 5.74) is 0. The Hall–Kier alpha value is 1.21. The predicted octanol–water partition coefficient (Wildman–Crippen LogP) is 4.12. The maximum atomic E-state index is 12.6. The Morgan fingerprint density at radius 3 is 1.12 bits per heavy atom. The summed E-state index contributed by atoms with van der Waals surface area (Å²) in [6.07, 6.45) is 1.26. The molecule has 0 amide bonds. The Kier molecular flexibility index (Phi) is 22.5. The molecule has 0 aromatic heterocycles. The molecule has 12 nitrogen and oxygen atoms in total. The normalized spacial score (nSPS) is 14.9. The van der Waals surface area contributed by atoms with Crippen molar-refractivity contribution in [2.24, 2.45) is 0 Å². The van der Waals surface area contributed by atoms with Gasteiger partial charge in [0, 0.05) is 87.8 Å². The Balaban J connectivity index is 5.06. The molecule has 0 heterocycles. The van der Waals surface area contributed by atoms with Crippen molar-refractivity contribution in [3.63, 3.8) is 0 Å². The zero-order valence-electron chi connectivity index (χ0n) is 24.7. The number of carbonyl (C=O) groups is 2. The van der Waals surface area contributed by atoms with Crippen LogP contribution < -0.4 is 0 Å². The van der Waals surface area contributed by atoms with Crippen molar-refractivity contribution < 1.29 is 46.4 Å². The molecular weight excluding hydrogens is 677 g/mol. The van der Waals surface area contributed by atoms with Crippen molar-refractivity contribution in [1.82, 2.24) is 8.61 Å². The highest BCUT2D eigenvalue weighted by Crippen LogP contribution is 2.44. The largest absolute Gasteiger partial charge is 0.500 e. The van der Waals surface area contributed by atoms with Gasteiger partial charge in [-0.3, -0.25) is 18.2 Å². The van der Waals surface area contributed by atoms with Gasteiger partial charge in [-0.25, -0.2) is 0 Å². The quantitative estimate of drug-likeness (QED) is 0.0856. The third kappa shape index (κ3) is 13.9. The van der Waals surface area contributed by atoms with E-state index in [1.165, 1.54) is 0 Å². The van der Waals surface area contributed by atoms with E-state index >= 15 is 0 Å². The molecule has 2 unspecified atom stereocenters. The number of aliphatic hydroxyl groups is 2. The molecule has 0 bridgehead atoms. The van der Waals surface area contributed by atoms with E-state index in [2.05, 4.69) is 0 Å². The minimum absolute atomic E-state index is 0.245. The van der Waals surface area contributed by atoms with Crippen LogP contribution in [0.2, 0.25) is 12.1 Å². The van der Waals surface area contributed by atoms with Gasteiger partial charge in [-0.2, -0.15) is 0 Å². The Bertz CT molecular complexity index is 777. The van der Waals surface area contributed by atoms with Crippen molar-refractivity contribution >= 4 is 101 Å². The lowest BCUT2D eigenvalue weighted by Gasteiger charge is -2.25. The van der Waals surface area contributed by atoms with Crippen LogP contribution in [0.3, 0.4) is 0 Å². The monoisotopic (exact) mass is 720 g/mol. The lowest BCUT2D eigenvalue weighted by atomic mass is 10.6. The van der Waals surface area contributed by atoms with Gasteiger partial charge in [0.1, 0.15) is 0 Å². The number of hydrogen-bond donors (Lipinski definition) is 2. The lowest BCUT2D eigenvalue weighted by Crippen LogP contribution is -2.42. The summed E-state index contributed by atoms with van der Waals surface area (Å²) >= 11 is 0. The van der Waals surface area contributed by atoms with Crippen LogP contribution in [0.15, 0.2) is 0 Å². The van der Waals surface area contributed by atoms with Crippen LogP contribution in [-0.2, 0) is 36.1 Å². The molecule has 0 aliphatic carbocycles. The first-order valence-electron chi connectivity index (χ1n) is 11.8. The maximum Gasteiger partial charge on any atom is 0.500 e. The van der Waals surface area contributed by atoms with Gasteiger partial charge in [-0.05, 0) is 60.7 Å². The van der Waals surface area contributed by atoms with E-state index in [4.69, 9.17) is 26.6 Å². The lowest BCUT2D eigenvalue weighted by molar-refractivity contribution is -0.106. The second-order valence-corrected chi connectivity index (χ2v) is 24.4. The Morgan fingerprint density at radius 2 is 0.900 bits per heavy atom. The van der Waals surface area contributed by atoms with Crippen LogP contribution in [0.5, 0.6) is 0 Å². The van der Waals surface area contributed by atoms with E-state index in [-0.39, 0.29) is 10.1 Å². The van der Waals surface area contributed by atoms with E-state index in [9.17, 15) is 19.8 Å². The predicted molar refractivity (Wildman–Crippen MR) is 180 cm³/mol. The molecule has 2 N–H and O–H groups in total. The molecule has 0 rings (SSSR count). The standard InChI is InChI=1S/C20H44N2O10S6Si2/c1-21(2)37(13-11-15-39(27-5,28-6)29-7)19(25)17(23)33-35-36-34-18(24)20(26)38(22(3)4)14-12-16-40(30-8,31-9)32-10/h25-26H,11-16H2,1-10H3. The first-order valence-corrected chi connectivity index (χ1v) is 23.2. The summed E-state index contributed by atoms with van der Waals surface area (Å²) in [5, 5.41) is 19.8. The maximum absolute atomic E-state index is 12.6. The van der Waals surface area contributed by atoms with E-state index in [0.717, 1.165) is 41.2 Å². The number of rotatable bonds is 19. The van der Waals surface area contributed by atoms with E-state index in [1.807, 2.05) is 0 Å². The first kappa shape index (κ1) is 41.2. The van der Waals surface area contributed by atoms with Gasteiger partial charge in [0.05, 0.1) is 0 Å². The molecule has 0 saturated carbocycles. The highest BCUT2D eigenvalue weighted by molar-refractivity contribution is 9.29. The summed E-state index contributed by atoms with van der Waals surface area (Å²) in [5.74, 6) is 1.05. The second kappa shape index (κ2) is 21.8. The zero-order valence-corrected chi connectivity index (χ0v) is 31.6. The molecule has 238 valence electrons. The van der Waals surface area contributed by atoms with Gasteiger partial charge in [0.15, 0.2) is 10.1 Å². The fourth-order valence-electron chi connectivity index (χ4n) is 3.22. The van der Waals surface area contributed by atoms with Gasteiger partial charge in [0.25, 0.3) is 10.2 Å². The Morgan fingerprint density at radius 1 is 0.625 bits per heavy atom. The molecule has 20 heteroatoms.